The van der Waals surface area contributed by atoms with Gasteiger partial charge in [0, 0.05) is 13.2 Å². The van der Waals surface area contributed by atoms with E-state index >= 15 is 0 Å². The molecule has 1 fully saturated rings. The lowest BCUT2D eigenvalue weighted by atomic mass is 10.0. The predicted molar refractivity (Wildman–Crippen MR) is 65.8 cm³/mol. The lowest BCUT2D eigenvalue weighted by Gasteiger charge is -2.23. The molecule has 1 saturated heterocycles. The van der Waals surface area contributed by atoms with E-state index in [9.17, 15) is 4.79 Å². The molecule has 1 aromatic heterocycles. The van der Waals surface area contributed by atoms with E-state index in [0.717, 1.165) is 19.4 Å². The Morgan fingerprint density at radius 2 is 2.39 bits per heavy atom. The van der Waals surface area contributed by atoms with Crippen LogP contribution in [0, 0.1) is 0 Å². The lowest BCUT2D eigenvalue weighted by molar-refractivity contribution is 0.0205. The van der Waals surface area contributed by atoms with Crippen LogP contribution in [0.5, 0.6) is 0 Å². The number of hydrogen-bond acceptors (Lipinski definition) is 6. The zero-order valence-corrected chi connectivity index (χ0v) is 10.3. The molecule has 7 heteroatoms. The van der Waals surface area contributed by atoms with Crippen molar-refractivity contribution >= 4 is 11.7 Å². The number of nitrogens with one attached hydrogen (secondary N) is 2. The number of nitrogens with two attached hydrogens (primary N) is 1. The summed E-state index contributed by atoms with van der Waals surface area (Å²) in [5.41, 5.74) is 2.35. The average molecular weight is 251 g/mol. The second kappa shape index (κ2) is 5.28. The van der Waals surface area contributed by atoms with Crippen LogP contribution in [-0.4, -0.2) is 34.9 Å². The molecule has 2 heterocycles. The third-order valence-electron chi connectivity index (χ3n) is 2.97. The Bertz CT molecular complexity index is 414. The van der Waals surface area contributed by atoms with Crippen molar-refractivity contribution < 1.29 is 9.53 Å². The van der Waals surface area contributed by atoms with E-state index in [0.29, 0.717) is 12.4 Å². The molecule has 0 spiro atoms. The maximum atomic E-state index is 11.8. The molecular formula is C11H17N5O2. The molecule has 1 aliphatic rings. The quantitative estimate of drug-likeness (QED) is 0.516. The van der Waals surface area contributed by atoms with Gasteiger partial charge in [-0.2, -0.15) is 0 Å². The number of hydrazine groups is 1. The summed E-state index contributed by atoms with van der Waals surface area (Å²) in [6.45, 7) is 3.22. The number of nitrogen functional groups attached to an aromatic ring is 1. The Hall–Kier alpha value is -1.73. The van der Waals surface area contributed by atoms with E-state index in [-0.39, 0.29) is 17.2 Å². The summed E-state index contributed by atoms with van der Waals surface area (Å²) in [6.07, 6.45) is 1.98. The molecule has 4 N–H and O–H groups in total. The van der Waals surface area contributed by atoms with Crippen LogP contribution in [0.3, 0.4) is 0 Å². The van der Waals surface area contributed by atoms with E-state index in [1.165, 1.54) is 0 Å². The van der Waals surface area contributed by atoms with Crippen LogP contribution in [0.4, 0.5) is 5.82 Å². The van der Waals surface area contributed by atoms with Crippen LogP contribution >= 0.6 is 0 Å². The highest BCUT2D eigenvalue weighted by Gasteiger charge is 2.30. The van der Waals surface area contributed by atoms with E-state index < -0.39 is 0 Å². The van der Waals surface area contributed by atoms with Crippen molar-refractivity contribution in [3.05, 3.63) is 17.8 Å². The van der Waals surface area contributed by atoms with Crippen LogP contribution in [0.1, 0.15) is 30.3 Å². The Balaban J connectivity index is 1.90. The number of carbonyl (C=O) groups excluding carboxylic acids is 1. The number of aromatic nitrogens is 2. The van der Waals surface area contributed by atoms with Crippen molar-refractivity contribution in [3.63, 3.8) is 0 Å². The van der Waals surface area contributed by atoms with Gasteiger partial charge in [-0.1, -0.05) is 0 Å². The van der Waals surface area contributed by atoms with E-state index in [1.54, 1.807) is 12.1 Å². The van der Waals surface area contributed by atoms with E-state index in [1.807, 2.05) is 6.92 Å². The molecule has 0 aliphatic carbocycles. The van der Waals surface area contributed by atoms with Crippen molar-refractivity contribution in [2.45, 2.75) is 25.4 Å². The van der Waals surface area contributed by atoms with Gasteiger partial charge < -0.3 is 15.5 Å². The minimum atomic E-state index is -0.262. The predicted octanol–water partition coefficient (Wildman–Crippen LogP) is 0.0611. The summed E-state index contributed by atoms with van der Waals surface area (Å²) in [5.74, 6) is 5.32. The van der Waals surface area contributed by atoms with Gasteiger partial charge in [-0.25, -0.2) is 5.84 Å². The van der Waals surface area contributed by atoms with Crippen LogP contribution in [-0.2, 0) is 4.74 Å². The van der Waals surface area contributed by atoms with Gasteiger partial charge in [0.15, 0.2) is 11.5 Å². The number of anilines is 1. The summed E-state index contributed by atoms with van der Waals surface area (Å²) in [6, 6.07) is 3.16. The first kappa shape index (κ1) is 12.7. The third kappa shape index (κ3) is 2.93. The van der Waals surface area contributed by atoms with Crippen LogP contribution < -0.4 is 16.6 Å². The number of rotatable bonds is 4. The molecule has 1 aliphatic heterocycles. The van der Waals surface area contributed by atoms with Crippen LogP contribution in [0.2, 0.25) is 0 Å². The molecule has 1 amide bonds. The van der Waals surface area contributed by atoms with Gasteiger partial charge in [-0.15, -0.1) is 10.2 Å². The fourth-order valence-electron chi connectivity index (χ4n) is 1.86. The average Bonchev–Trinajstić information content (AvgIpc) is 2.83. The summed E-state index contributed by atoms with van der Waals surface area (Å²) in [7, 11) is 0. The standard InChI is InChI=1S/C11H17N5O2/c1-11(5-2-6-18-11)7-13-10(17)8-3-4-9(14-12)16-15-8/h3-4H,2,5-7,12H2,1H3,(H,13,17)(H,14,16). The van der Waals surface area contributed by atoms with Gasteiger partial charge in [-0.05, 0) is 31.9 Å². The second-order valence-corrected chi connectivity index (χ2v) is 4.53. The molecule has 0 bridgehead atoms. The van der Waals surface area contributed by atoms with Crippen LogP contribution in [0.15, 0.2) is 12.1 Å². The van der Waals surface area contributed by atoms with Crippen molar-refractivity contribution in [2.24, 2.45) is 5.84 Å². The smallest absolute Gasteiger partial charge is 0.271 e. The van der Waals surface area contributed by atoms with Gasteiger partial charge in [0.1, 0.15) is 0 Å². The SMILES string of the molecule is CC1(CNC(=O)c2ccc(NN)nn2)CCCO1. The molecule has 0 aromatic carbocycles. The normalized spacial score (nSPS) is 22.8. The number of ether oxygens (including phenoxy) is 1. The highest BCUT2D eigenvalue weighted by molar-refractivity contribution is 5.92. The van der Waals surface area contributed by atoms with Gasteiger partial charge in [0.05, 0.1) is 5.60 Å². The third-order valence-corrected chi connectivity index (χ3v) is 2.97. The molecule has 7 nitrogen and oxygen atoms in total. The molecular weight excluding hydrogens is 234 g/mol. The zero-order chi connectivity index (χ0) is 13.0. The van der Waals surface area contributed by atoms with E-state index in [2.05, 4.69) is 20.9 Å². The Morgan fingerprint density at radius 3 is 2.94 bits per heavy atom. The zero-order valence-electron chi connectivity index (χ0n) is 10.3. The lowest BCUT2D eigenvalue weighted by Crippen LogP contribution is -2.40. The molecule has 18 heavy (non-hydrogen) atoms. The summed E-state index contributed by atoms with van der Waals surface area (Å²) in [4.78, 5) is 11.8. The second-order valence-electron chi connectivity index (χ2n) is 4.53. The van der Waals surface area contributed by atoms with Crippen molar-refractivity contribution in [1.82, 2.24) is 15.5 Å². The summed E-state index contributed by atoms with van der Waals surface area (Å²) < 4.78 is 5.59. The van der Waals surface area contributed by atoms with Gasteiger partial charge in [-0.3, -0.25) is 4.79 Å². The molecule has 1 aromatic rings. The maximum absolute atomic E-state index is 11.8. The maximum Gasteiger partial charge on any atom is 0.271 e. The highest BCUT2D eigenvalue weighted by Crippen LogP contribution is 2.23. The molecule has 1 atom stereocenters. The molecule has 1 unspecified atom stereocenters. The Morgan fingerprint density at radius 1 is 1.56 bits per heavy atom. The first-order valence-corrected chi connectivity index (χ1v) is 5.85. The van der Waals surface area contributed by atoms with Gasteiger partial charge in [0.25, 0.3) is 5.91 Å². The summed E-state index contributed by atoms with van der Waals surface area (Å²) in [5, 5.41) is 10.3. The first-order valence-electron chi connectivity index (χ1n) is 5.85. The Kier molecular flexibility index (Phi) is 3.73. The fraction of sp³-hybridized carbons (Fsp3) is 0.545. The number of amides is 1. The minimum Gasteiger partial charge on any atom is -0.373 e. The Labute approximate surface area is 105 Å². The first-order chi connectivity index (χ1) is 8.63. The monoisotopic (exact) mass is 251 g/mol. The topological polar surface area (TPSA) is 102 Å². The molecule has 98 valence electrons. The van der Waals surface area contributed by atoms with Gasteiger partial charge in [0.2, 0.25) is 0 Å². The fourth-order valence-corrected chi connectivity index (χ4v) is 1.86. The molecule has 2 rings (SSSR count). The number of nitrogens with zero attached hydrogens (tertiary/aromatic N) is 2. The molecule has 0 saturated carbocycles. The van der Waals surface area contributed by atoms with E-state index in [4.69, 9.17) is 10.6 Å². The number of carbonyl (C=O) groups is 1. The van der Waals surface area contributed by atoms with Crippen molar-refractivity contribution in [3.8, 4) is 0 Å². The van der Waals surface area contributed by atoms with Crippen molar-refractivity contribution in [2.75, 3.05) is 18.6 Å². The van der Waals surface area contributed by atoms with Gasteiger partial charge >= 0.3 is 0 Å². The highest BCUT2D eigenvalue weighted by atomic mass is 16.5. The molecule has 0 radical (unpaired) electrons. The number of hydrogen-bond donors (Lipinski definition) is 3. The van der Waals surface area contributed by atoms with Crippen molar-refractivity contribution in [1.29, 1.82) is 0 Å². The summed E-state index contributed by atoms with van der Waals surface area (Å²) >= 11 is 0. The minimum absolute atomic E-state index is 0.260. The van der Waals surface area contributed by atoms with Crippen LogP contribution in [0.25, 0.3) is 0 Å². The largest absolute Gasteiger partial charge is 0.373 e.